The number of hydrogen-bond donors (Lipinski definition) is 2. The second kappa shape index (κ2) is 6.01. The Morgan fingerprint density at radius 1 is 1.26 bits per heavy atom. The number of nitrogens with one attached hydrogen (secondary N) is 1. The molecule has 1 amide bonds. The van der Waals surface area contributed by atoms with Gasteiger partial charge in [-0.05, 0) is 24.3 Å². The summed E-state index contributed by atoms with van der Waals surface area (Å²) >= 11 is 19.1. The SMILES string of the molecule is Nc1cc(Cl)c(Cl)c(C(=O)NCc2ccc(Cl)s2)c1. The molecule has 1 heterocycles. The molecule has 0 aliphatic carbocycles. The van der Waals surface area contributed by atoms with Crippen LogP contribution in [-0.2, 0) is 6.54 Å². The summed E-state index contributed by atoms with van der Waals surface area (Å²) in [7, 11) is 0. The number of benzene rings is 1. The van der Waals surface area contributed by atoms with E-state index < -0.39 is 0 Å². The first-order valence-corrected chi connectivity index (χ1v) is 7.19. The van der Waals surface area contributed by atoms with Crippen LogP contribution in [0.25, 0.3) is 0 Å². The molecule has 100 valence electrons. The molecule has 2 aromatic rings. The van der Waals surface area contributed by atoms with E-state index in [4.69, 9.17) is 40.5 Å². The van der Waals surface area contributed by atoms with Crippen molar-refractivity contribution in [2.24, 2.45) is 0 Å². The first kappa shape index (κ1) is 14.5. The second-order valence-corrected chi connectivity index (χ2v) is 6.34. The lowest BCUT2D eigenvalue weighted by atomic mass is 10.2. The van der Waals surface area contributed by atoms with Gasteiger partial charge >= 0.3 is 0 Å². The van der Waals surface area contributed by atoms with Crippen molar-refractivity contribution in [1.29, 1.82) is 0 Å². The number of nitrogens with two attached hydrogens (primary N) is 1. The third-order valence-corrected chi connectivity index (χ3v) is 4.38. The molecule has 1 aromatic carbocycles. The van der Waals surface area contributed by atoms with Gasteiger partial charge in [-0.15, -0.1) is 11.3 Å². The van der Waals surface area contributed by atoms with Gasteiger partial charge in [0.25, 0.3) is 5.91 Å². The maximum absolute atomic E-state index is 12.0. The maximum atomic E-state index is 12.0. The Labute approximate surface area is 129 Å². The number of hydrogen-bond acceptors (Lipinski definition) is 3. The predicted octanol–water partition coefficient (Wildman–Crippen LogP) is 4.22. The van der Waals surface area contributed by atoms with E-state index in [1.807, 2.05) is 6.07 Å². The number of rotatable bonds is 3. The molecule has 7 heteroatoms. The Morgan fingerprint density at radius 2 is 2.00 bits per heavy atom. The summed E-state index contributed by atoms with van der Waals surface area (Å²) in [6.45, 7) is 0.374. The van der Waals surface area contributed by atoms with E-state index in [2.05, 4.69) is 5.32 Å². The van der Waals surface area contributed by atoms with Gasteiger partial charge in [0.1, 0.15) is 0 Å². The van der Waals surface area contributed by atoms with Crippen LogP contribution in [0.3, 0.4) is 0 Å². The molecule has 0 atom stereocenters. The summed E-state index contributed by atoms with van der Waals surface area (Å²) in [6.07, 6.45) is 0. The van der Waals surface area contributed by atoms with Gasteiger partial charge in [-0.3, -0.25) is 4.79 Å². The van der Waals surface area contributed by atoms with E-state index in [1.165, 1.54) is 23.5 Å². The average Bonchev–Trinajstić information content (AvgIpc) is 2.76. The van der Waals surface area contributed by atoms with Crippen molar-refractivity contribution in [1.82, 2.24) is 5.32 Å². The van der Waals surface area contributed by atoms with Gasteiger partial charge in [-0.1, -0.05) is 34.8 Å². The lowest BCUT2D eigenvalue weighted by Gasteiger charge is -2.08. The fourth-order valence-electron chi connectivity index (χ4n) is 1.48. The molecule has 0 aliphatic rings. The third kappa shape index (κ3) is 3.54. The molecule has 2 rings (SSSR count). The summed E-state index contributed by atoms with van der Waals surface area (Å²) in [5, 5.41) is 3.19. The van der Waals surface area contributed by atoms with Gasteiger partial charge in [0.05, 0.1) is 26.5 Å². The Balaban J connectivity index is 2.12. The molecule has 1 aromatic heterocycles. The minimum Gasteiger partial charge on any atom is -0.399 e. The number of anilines is 1. The fourth-order valence-corrected chi connectivity index (χ4v) is 2.93. The minimum atomic E-state index is -0.330. The fraction of sp³-hybridized carbons (Fsp3) is 0.0833. The van der Waals surface area contributed by atoms with E-state index in [0.29, 0.717) is 16.6 Å². The monoisotopic (exact) mass is 334 g/mol. The van der Waals surface area contributed by atoms with Crippen molar-refractivity contribution in [2.75, 3.05) is 5.73 Å². The molecule has 19 heavy (non-hydrogen) atoms. The van der Waals surface area contributed by atoms with Crippen molar-refractivity contribution in [3.63, 3.8) is 0 Å². The van der Waals surface area contributed by atoms with Gasteiger partial charge < -0.3 is 11.1 Å². The van der Waals surface area contributed by atoms with Gasteiger partial charge in [0, 0.05) is 10.6 Å². The molecule has 3 N–H and O–H groups in total. The number of amides is 1. The zero-order valence-electron chi connectivity index (χ0n) is 9.54. The average molecular weight is 336 g/mol. The van der Waals surface area contributed by atoms with E-state index >= 15 is 0 Å². The number of halogens is 3. The topological polar surface area (TPSA) is 55.1 Å². The lowest BCUT2D eigenvalue weighted by Crippen LogP contribution is -2.22. The number of thiophene rings is 1. The van der Waals surface area contributed by atoms with Gasteiger partial charge in [-0.2, -0.15) is 0 Å². The highest BCUT2D eigenvalue weighted by Crippen LogP contribution is 2.29. The molecule has 3 nitrogen and oxygen atoms in total. The van der Waals surface area contributed by atoms with Crippen LogP contribution in [0.1, 0.15) is 15.2 Å². The van der Waals surface area contributed by atoms with Crippen LogP contribution in [0.2, 0.25) is 14.4 Å². The van der Waals surface area contributed by atoms with Gasteiger partial charge in [0.15, 0.2) is 0 Å². The van der Waals surface area contributed by atoms with Crippen molar-refractivity contribution in [3.8, 4) is 0 Å². The highest BCUT2D eigenvalue weighted by Gasteiger charge is 2.14. The third-order valence-electron chi connectivity index (χ3n) is 2.35. The maximum Gasteiger partial charge on any atom is 0.253 e. The molecule has 0 unspecified atom stereocenters. The largest absolute Gasteiger partial charge is 0.399 e. The van der Waals surface area contributed by atoms with Crippen molar-refractivity contribution in [3.05, 3.63) is 49.1 Å². The Hall–Kier alpha value is -0.940. The van der Waals surface area contributed by atoms with Gasteiger partial charge in [-0.25, -0.2) is 0 Å². The number of nitrogen functional groups attached to an aromatic ring is 1. The summed E-state index contributed by atoms with van der Waals surface area (Å²) in [4.78, 5) is 13.0. The number of carbonyl (C=O) groups excluding carboxylic acids is 1. The molecule has 0 saturated heterocycles. The quantitative estimate of drug-likeness (QED) is 0.825. The van der Waals surface area contributed by atoms with Crippen molar-refractivity contribution in [2.45, 2.75) is 6.54 Å². The smallest absolute Gasteiger partial charge is 0.253 e. The van der Waals surface area contributed by atoms with Crippen LogP contribution in [0.5, 0.6) is 0 Å². The summed E-state index contributed by atoms with van der Waals surface area (Å²) < 4.78 is 0.675. The first-order valence-electron chi connectivity index (χ1n) is 5.24. The highest BCUT2D eigenvalue weighted by atomic mass is 35.5. The first-order chi connectivity index (χ1) is 8.97. The van der Waals surface area contributed by atoms with Crippen LogP contribution in [-0.4, -0.2) is 5.91 Å². The normalized spacial score (nSPS) is 10.5. The molecule has 0 spiro atoms. The molecule has 0 aliphatic heterocycles. The van der Waals surface area contributed by atoms with Crippen molar-refractivity contribution < 1.29 is 4.79 Å². The summed E-state index contributed by atoms with van der Waals surface area (Å²) in [6, 6.07) is 6.62. The highest BCUT2D eigenvalue weighted by molar-refractivity contribution is 7.16. The van der Waals surface area contributed by atoms with E-state index in [1.54, 1.807) is 6.07 Å². The molecule has 0 saturated carbocycles. The molecular weight excluding hydrogens is 327 g/mol. The predicted molar refractivity (Wildman–Crippen MR) is 81.4 cm³/mol. The molecule has 0 bridgehead atoms. The van der Waals surface area contributed by atoms with E-state index in [9.17, 15) is 4.79 Å². The Bertz CT molecular complexity index is 627. The molecular formula is C12H9Cl3N2OS. The summed E-state index contributed by atoms with van der Waals surface area (Å²) in [5.74, 6) is -0.330. The van der Waals surface area contributed by atoms with E-state index in [-0.39, 0.29) is 21.5 Å². The lowest BCUT2D eigenvalue weighted by molar-refractivity contribution is 0.0951. The van der Waals surface area contributed by atoms with Crippen molar-refractivity contribution >= 4 is 57.7 Å². The van der Waals surface area contributed by atoms with Crippen LogP contribution in [0.4, 0.5) is 5.69 Å². The number of carbonyl (C=O) groups is 1. The zero-order valence-corrected chi connectivity index (χ0v) is 12.6. The van der Waals surface area contributed by atoms with Crippen LogP contribution in [0.15, 0.2) is 24.3 Å². The van der Waals surface area contributed by atoms with E-state index in [0.717, 1.165) is 4.88 Å². The Kier molecular flexibility index (Phi) is 4.58. The summed E-state index contributed by atoms with van der Waals surface area (Å²) in [5.41, 5.74) is 6.28. The van der Waals surface area contributed by atoms with Gasteiger partial charge in [0.2, 0.25) is 0 Å². The molecule has 0 fully saturated rings. The molecule has 0 radical (unpaired) electrons. The second-order valence-electron chi connectivity index (χ2n) is 3.75. The van der Waals surface area contributed by atoms with Crippen LogP contribution >= 0.6 is 46.1 Å². The zero-order chi connectivity index (χ0) is 14.0. The Morgan fingerprint density at radius 3 is 2.63 bits per heavy atom. The van der Waals surface area contributed by atoms with Crippen LogP contribution in [0, 0.1) is 0 Å². The van der Waals surface area contributed by atoms with Crippen LogP contribution < -0.4 is 11.1 Å². The minimum absolute atomic E-state index is 0.192. The standard InChI is InChI=1S/C12H9Cl3N2OS/c13-9-4-6(16)3-8(11(9)15)12(18)17-5-7-1-2-10(14)19-7/h1-4H,5,16H2,(H,17,18).